The number of ether oxygens (including phenoxy) is 1. The number of nitrogens with zero attached hydrogens (tertiary/aromatic N) is 3. The molecule has 0 aliphatic rings. The van der Waals surface area contributed by atoms with Crippen molar-refractivity contribution in [2.45, 2.75) is 6.54 Å². The minimum absolute atomic E-state index is 0.0936. The maximum Gasteiger partial charge on any atom is 0.273 e. The fourth-order valence-electron chi connectivity index (χ4n) is 1.62. The Labute approximate surface area is 115 Å². The lowest BCUT2D eigenvalue weighted by Crippen LogP contribution is -2.33. The number of aromatic nitrogens is 2. The highest BCUT2D eigenvalue weighted by Crippen LogP contribution is 2.09. The summed E-state index contributed by atoms with van der Waals surface area (Å²) in [6.07, 6.45) is 1.72. The highest BCUT2D eigenvalue weighted by atomic mass is 32.1. The zero-order chi connectivity index (χ0) is 13.5. The first-order valence-electron chi connectivity index (χ1n) is 5.87. The van der Waals surface area contributed by atoms with Crippen LogP contribution in [0, 0.1) is 0 Å². The van der Waals surface area contributed by atoms with Gasteiger partial charge in [-0.25, -0.2) is 4.98 Å². The van der Waals surface area contributed by atoms with Gasteiger partial charge < -0.3 is 9.64 Å². The van der Waals surface area contributed by atoms with Crippen LogP contribution in [0.1, 0.15) is 16.2 Å². The minimum Gasteiger partial charge on any atom is -0.383 e. The number of carbonyl (C=O) groups excluding carboxylic acids is 1. The molecule has 0 aromatic carbocycles. The van der Waals surface area contributed by atoms with E-state index in [0.29, 0.717) is 25.4 Å². The molecular weight excluding hydrogens is 262 g/mol. The van der Waals surface area contributed by atoms with Crippen molar-refractivity contribution in [1.29, 1.82) is 0 Å². The lowest BCUT2D eigenvalue weighted by molar-refractivity contribution is 0.0673. The molecule has 0 radical (unpaired) electrons. The van der Waals surface area contributed by atoms with Gasteiger partial charge in [-0.15, -0.1) is 11.3 Å². The molecule has 0 bridgehead atoms. The molecule has 2 aromatic rings. The van der Waals surface area contributed by atoms with E-state index in [1.165, 1.54) is 11.3 Å². The molecule has 6 heteroatoms. The first-order valence-corrected chi connectivity index (χ1v) is 6.82. The minimum atomic E-state index is -0.0936. The molecule has 0 aliphatic carbocycles. The normalized spacial score (nSPS) is 10.4. The molecule has 100 valence electrons. The molecule has 0 atom stereocenters. The molecule has 19 heavy (non-hydrogen) atoms. The van der Waals surface area contributed by atoms with Crippen LogP contribution < -0.4 is 0 Å². The smallest absolute Gasteiger partial charge is 0.273 e. The molecule has 0 aliphatic heterocycles. The summed E-state index contributed by atoms with van der Waals surface area (Å²) in [7, 11) is 1.62. The van der Waals surface area contributed by atoms with Gasteiger partial charge in [0.05, 0.1) is 24.4 Å². The first-order chi connectivity index (χ1) is 9.31. The van der Waals surface area contributed by atoms with E-state index < -0.39 is 0 Å². The van der Waals surface area contributed by atoms with Crippen molar-refractivity contribution in [2.75, 3.05) is 20.3 Å². The van der Waals surface area contributed by atoms with Crippen molar-refractivity contribution in [3.8, 4) is 0 Å². The molecule has 2 rings (SSSR count). The fraction of sp³-hybridized carbons (Fsp3) is 0.308. The van der Waals surface area contributed by atoms with Gasteiger partial charge in [-0.3, -0.25) is 9.78 Å². The fourth-order valence-corrected chi connectivity index (χ4v) is 2.15. The van der Waals surface area contributed by atoms with E-state index in [0.717, 1.165) is 5.69 Å². The van der Waals surface area contributed by atoms with Gasteiger partial charge in [0.25, 0.3) is 5.91 Å². The second-order valence-corrected chi connectivity index (χ2v) is 4.63. The molecule has 0 spiro atoms. The number of hydrogen-bond acceptors (Lipinski definition) is 5. The van der Waals surface area contributed by atoms with Crippen LogP contribution in [0.3, 0.4) is 0 Å². The van der Waals surface area contributed by atoms with Gasteiger partial charge in [-0.2, -0.15) is 0 Å². The molecule has 1 amide bonds. The Hall–Kier alpha value is -1.79. The van der Waals surface area contributed by atoms with E-state index in [-0.39, 0.29) is 5.91 Å². The Morgan fingerprint density at radius 3 is 2.95 bits per heavy atom. The predicted octanol–water partition coefficient (Wildman–Crippen LogP) is 1.83. The average molecular weight is 277 g/mol. The second-order valence-electron chi connectivity index (χ2n) is 3.91. The van der Waals surface area contributed by atoms with Gasteiger partial charge in [-0.1, -0.05) is 6.07 Å². The highest BCUT2D eigenvalue weighted by molar-refractivity contribution is 7.07. The van der Waals surface area contributed by atoms with Crippen LogP contribution in [0.25, 0.3) is 0 Å². The van der Waals surface area contributed by atoms with Crippen LogP contribution in [0.4, 0.5) is 0 Å². The zero-order valence-electron chi connectivity index (χ0n) is 10.7. The molecule has 0 saturated carbocycles. The molecule has 0 unspecified atom stereocenters. The summed E-state index contributed by atoms with van der Waals surface area (Å²) in [5, 5.41) is 1.75. The molecule has 0 saturated heterocycles. The van der Waals surface area contributed by atoms with Gasteiger partial charge in [0.15, 0.2) is 0 Å². The molecule has 2 heterocycles. The number of methoxy groups -OCH3 is 1. The Morgan fingerprint density at radius 1 is 1.42 bits per heavy atom. The Kier molecular flexibility index (Phi) is 5.00. The quantitative estimate of drug-likeness (QED) is 0.808. The van der Waals surface area contributed by atoms with Crippen molar-refractivity contribution in [2.24, 2.45) is 0 Å². The van der Waals surface area contributed by atoms with Crippen molar-refractivity contribution in [3.63, 3.8) is 0 Å². The molecule has 2 aromatic heterocycles. The predicted molar refractivity (Wildman–Crippen MR) is 73.0 cm³/mol. The maximum atomic E-state index is 12.3. The SMILES string of the molecule is COCCN(Cc1ccccn1)C(=O)c1cscn1. The van der Waals surface area contributed by atoms with E-state index in [1.807, 2.05) is 18.2 Å². The summed E-state index contributed by atoms with van der Waals surface area (Å²) in [5.41, 5.74) is 2.97. The average Bonchev–Trinajstić information content (AvgIpc) is 2.98. The summed E-state index contributed by atoms with van der Waals surface area (Å²) in [6, 6.07) is 5.66. The monoisotopic (exact) mass is 277 g/mol. The van der Waals surface area contributed by atoms with Gasteiger partial charge >= 0.3 is 0 Å². The van der Waals surface area contributed by atoms with Crippen molar-refractivity contribution in [3.05, 3.63) is 46.7 Å². The zero-order valence-corrected chi connectivity index (χ0v) is 11.5. The van der Waals surface area contributed by atoms with E-state index in [1.54, 1.807) is 29.1 Å². The lowest BCUT2D eigenvalue weighted by Gasteiger charge is -2.21. The largest absolute Gasteiger partial charge is 0.383 e. The summed E-state index contributed by atoms with van der Waals surface area (Å²) in [6.45, 7) is 1.46. The summed E-state index contributed by atoms with van der Waals surface area (Å²) in [4.78, 5) is 22.3. The Balaban J connectivity index is 2.09. The van der Waals surface area contributed by atoms with E-state index in [4.69, 9.17) is 4.74 Å². The third-order valence-electron chi connectivity index (χ3n) is 2.58. The number of pyridine rings is 1. The van der Waals surface area contributed by atoms with Crippen molar-refractivity contribution in [1.82, 2.24) is 14.9 Å². The van der Waals surface area contributed by atoms with Crippen LogP contribution >= 0.6 is 11.3 Å². The van der Waals surface area contributed by atoms with Crippen molar-refractivity contribution >= 4 is 17.2 Å². The Bertz CT molecular complexity index is 502. The maximum absolute atomic E-state index is 12.3. The third kappa shape index (κ3) is 3.84. The van der Waals surface area contributed by atoms with E-state index >= 15 is 0 Å². The highest BCUT2D eigenvalue weighted by Gasteiger charge is 2.17. The van der Waals surface area contributed by atoms with Crippen LogP contribution in [-0.4, -0.2) is 41.0 Å². The van der Waals surface area contributed by atoms with Crippen LogP contribution in [0.2, 0.25) is 0 Å². The third-order valence-corrected chi connectivity index (χ3v) is 3.17. The Morgan fingerprint density at radius 2 is 2.32 bits per heavy atom. The number of carbonyl (C=O) groups is 1. The molecule has 0 fully saturated rings. The molecular formula is C13H15N3O2S. The second kappa shape index (κ2) is 6.96. The summed E-state index contributed by atoms with van der Waals surface area (Å²) < 4.78 is 5.05. The number of rotatable bonds is 6. The summed E-state index contributed by atoms with van der Waals surface area (Å²) in [5.74, 6) is -0.0936. The van der Waals surface area contributed by atoms with Crippen LogP contribution in [-0.2, 0) is 11.3 Å². The van der Waals surface area contributed by atoms with Gasteiger partial charge in [0.2, 0.25) is 0 Å². The summed E-state index contributed by atoms with van der Waals surface area (Å²) >= 11 is 1.41. The van der Waals surface area contributed by atoms with Crippen molar-refractivity contribution < 1.29 is 9.53 Å². The number of amides is 1. The lowest BCUT2D eigenvalue weighted by atomic mass is 10.3. The van der Waals surface area contributed by atoms with Gasteiger partial charge in [-0.05, 0) is 12.1 Å². The topological polar surface area (TPSA) is 55.3 Å². The van der Waals surface area contributed by atoms with E-state index in [9.17, 15) is 4.79 Å². The number of hydrogen-bond donors (Lipinski definition) is 0. The van der Waals surface area contributed by atoms with Crippen LogP contribution in [0.15, 0.2) is 35.3 Å². The first kappa shape index (κ1) is 13.6. The number of thiazole rings is 1. The van der Waals surface area contributed by atoms with Gasteiger partial charge in [0.1, 0.15) is 5.69 Å². The van der Waals surface area contributed by atoms with Crippen LogP contribution in [0.5, 0.6) is 0 Å². The standard InChI is InChI=1S/C13H15N3O2S/c1-18-7-6-16(8-11-4-2-3-5-14-11)13(17)12-9-19-10-15-12/h2-5,9-10H,6-8H2,1H3. The molecule has 0 N–H and O–H groups in total. The van der Waals surface area contributed by atoms with E-state index in [2.05, 4.69) is 9.97 Å². The molecule has 5 nitrogen and oxygen atoms in total. The van der Waals surface area contributed by atoms with Gasteiger partial charge in [0, 0.05) is 25.2 Å².